The molecule has 2 aliphatic rings. The van der Waals surface area contributed by atoms with Gasteiger partial charge in [-0.2, -0.15) is 0 Å². The SMILES string of the molecule is CCc1ccc(C(=O)N2CCC3CCCC3C2)cc1. The zero-order valence-corrected chi connectivity index (χ0v) is 11.8. The number of piperidine rings is 1. The highest BCUT2D eigenvalue weighted by atomic mass is 16.2. The smallest absolute Gasteiger partial charge is 0.253 e. The maximum absolute atomic E-state index is 12.5. The van der Waals surface area contributed by atoms with Gasteiger partial charge in [-0.1, -0.05) is 31.9 Å². The van der Waals surface area contributed by atoms with Gasteiger partial charge in [-0.05, 0) is 48.8 Å². The van der Waals surface area contributed by atoms with E-state index in [2.05, 4.69) is 24.0 Å². The van der Waals surface area contributed by atoms with Gasteiger partial charge in [0.2, 0.25) is 0 Å². The molecule has 19 heavy (non-hydrogen) atoms. The van der Waals surface area contributed by atoms with Crippen LogP contribution in [0.5, 0.6) is 0 Å². The molecular formula is C17H23NO. The van der Waals surface area contributed by atoms with Crippen LogP contribution in [0.2, 0.25) is 0 Å². The first-order valence-corrected chi connectivity index (χ1v) is 7.66. The van der Waals surface area contributed by atoms with Crippen LogP contribution < -0.4 is 0 Å². The van der Waals surface area contributed by atoms with E-state index in [0.717, 1.165) is 36.9 Å². The van der Waals surface area contributed by atoms with Gasteiger partial charge in [0.1, 0.15) is 0 Å². The summed E-state index contributed by atoms with van der Waals surface area (Å²) in [4.78, 5) is 14.6. The van der Waals surface area contributed by atoms with Crippen LogP contribution in [0.4, 0.5) is 0 Å². The van der Waals surface area contributed by atoms with Crippen LogP contribution in [-0.4, -0.2) is 23.9 Å². The Kier molecular flexibility index (Phi) is 3.58. The fraction of sp³-hybridized carbons (Fsp3) is 0.588. The number of hydrogen-bond acceptors (Lipinski definition) is 1. The minimum absolute atomic E-state index is 0.230. The fourth-order valence-electron chi connectivity index (χ4n) is 3.68. The van der Waals surface area contributed by atoms with Gasteiger partial charge >= 0.3 is 0 Å². The molecule has 0 N–H and O–H groups in total. The van der Waals surface area contributed by atoms with Crippen molar-refractivity contribution in [3.05, 3.63) is 35.4 Å². The molecule has 2 heteroatoms. The van der Waals surface area contributed by atoms with Crippen LogP contribution in [0.25, 0.3) is 0 Å². The molecular weight excluding hydrogens is 234 g/mol. The van der Waals surface area contributed by atoms with Crippen LogP contribution in [0, 0.1) is 11.8 Å². The van der Waals surface area contributed by atoms with Gasteiger partial charge in [-0.25, -0.2) is 0 Å². The molecule has 1 heterocycles. The van der Waals surface area contributed by atoms with Gasteiger partial charge < -0.3 is 4.90 Å². The summed E-state index contributed by atoms with van der Waals surface area (Å²) >= 11 is 0. The molecule has 1 aliphatic heterocycles. The van der Waals surface area contributed by atoms with Crippen molar-refractivity contribution in [2.75, 3.05) is 13.1 Å². The average Bonchev–Trinajstić information content (AvgIpc) is 2.94. The molecule has 1 saturated carbocycles. The Balaban J connectivity index is 1.69. The maximum Gasteiger partial charge on any atom is 0.253 e. The molecule has 1 aromatic carbocycles. The first-order valence-electron chi connectivity index (χ1n) is 7.66. The zero-order chi connectivity index (χ0) is 13.2. The van der Waals surface area contributed by atoms with Crippen molar-refractivity contribution in [2.45, 2.75) is 39.0 Å². The van der Waals surface area contributed by atoms with Gasteiger partial charge in [0.05, 0.1) is 0 Å². The van der Waals surface area contributed by atoms with E-state index in [-0.39, 0.29) is 5.91 Å². The van der Waals surface area contributed by atoms with E-state index in [1.165, 1.54) is 31.2 Å². The number of amides is 1. The summed E-state index contributed by atoms with van der Waals surface area (Å²) < 4.78 is 0. The molecule has 1 amide bonds. The molecule has 3 rings (SSSR count). The Morgan fingerprint density at radius 2 is 1.89 bits per heavy atom. The molecule has 2 atom stereocenters. The van der Waals surface area contributed by atoms with Crippen molar-refractivity contribution < 1.29 is 4.79 Å². The second kappa shape index (κ2) is 5.36. The lowest BCUT2D eigenvalue weighted by molar-refractivity contribution is 0.0627. The average molecular weight is 257 g/mol. The molecule has 2 nitrogen and oxygen atoms in total. The topological polar surface area (TPSA) is 20.3 Å². The summed E-state index contributed by atoms with van der Waals surface area (Å²) in [7, 11) is 0. The molecule has 2 fully saturated rings. The van der Waals surface area contributed by atoms with E-state index in [1.54, 1.807) is 0 Å². The summed E-state index contributed by atoms with van der Waals surface area (Å²) in [6, 6.07) is 8.13. The van der Waals surface area contributed by atoms with Crippen LogP contribution in [0.15, 0.2) is 24.3 Å². The number of likely N-dealkylation sites (tertiary alicyclic amines) is 1. The molecule has 102 valence electrons. The normalized spacial score (nSPS) is 26.3. The van der Waals surface area contributed by atoms with Gasteiger partial charge in [-0.15, -0.1) is 0 Å². The quantitative estimate of drug-likeness (QED) is 0.794. The lowest BCUT2D eigenvalue weighted by Crippen LogP contribution is -2.42. The maximum atomic E-state index is 12.5. The van der Waals surface area contributed by atoms with Gasteiger partial charge in [0, 0.05) is 18.7 Å². The third-order valence-corrected chi connectivity index (χ3v) is 4.94. The van der Waals surface area contributed by atoms with Gasteiger partial charge in [-0.3, -0.25) is 4.79 Å². The number of hydrogen-bond donors (Lipinski definition) is 0. The number of carbonyl (C=O) groups is 1. The lowest BCUT2D eigenvalue weighted by atomic mass is 9.88. The highest BCUT2D eigenvalue weighted by Gasteiger charge is 2.34. The third-order valence-electron chi connectivity index (χ3n) is 4.94. The Morgan fingerprint density at radius 3 is 2.63 bits per heavy atom. The van der Waals surface area contributed by atoms with Crippen molar-refractivity contribution >= 4 is 5.91 Å². The monoisotopic (exact) mass is 257 g/mol. The Labute approximate surface area is 115 Å². The van der Waals surface area contributed by atoms with Crippen molar-refractivity contribution in [3.8, 4) is 0 Å². The first-order chi connectivity index (χ1) is 9.28. The molecule has 1 aromatic rings. The van der Waals surface area contributed by atoms with Crippen molar-refractivity contribution in [1.82, 2.24) is 4.90 Å². The molecule has 0 aromatic heterocycles. The minimum Gasteiger partial charge on any atom is -0.338 e. The third kappa shape index (κ3) is 2.54. The van der Waals surface area contributed by atoms with E-state index in [4.69, 9.17) is 0 Å². The number of carbonyl (C=O) groups excluding carboxylic acids is 1. The van der Waals surface area contributed by atoms with Crippen LogP contribution >= 0.6 is 0 Å². The van der Waals surface area contributed by atoms with E-state index >= 15 is 0 Å². The van der Waals surface area contributed by atoms with E-state index in [1.807, 2.05) is 12.1 Å². The first kappa shape index (κ1) is 12.7. The number of benzene rings is 1. The van der Waals surface area contributed by atoms with Crippen molar-refractivity contribution in [1.29, 1.82) is 0 Å². The van der Waals surface area contributed by atoms with Crippen molar-refractivity contribution in [3.63, 3.8) is 0 Å². The van der Waals surface area contributed by atoms with E-state index < -0.39 is 0 Å². The number of aryl methyl sites for hydroxylation is 1. The molecule has 1 aliphatic carbocycles. The van der Waals surface area contributed by atoms with E-state index in [9.17, 15) is 4.79 Å². The number of nitrogens with zero attached hydrogens (tertiary/aromatic N) is 1. The Bertz CT molecular complexity index is 451. The largest absolute Gasteiger partial charge is 0.338 e. The van der Waals surface area contributed by atoms with Crippen molar-refractivity contribution in [2.24, 2.45) is 11.8 Å². The standard InChI is InChI=1S/C17H23NO/c1-2-13-6-8-15(9-7-13)17(19)18-11-10-14-4-3-5-16(14)12-18/h6-9,14,16H,2-5,10-12H2,1H3. The lowest BCUT2D eigenvalue weighted by Gasteiger charge is -2.35. The number of fused-ring (bicyclic) bond motifs is 1. The highest BCUT2D eigenvalue weighted by molar-refractivity contribution is 5.94. The predicted octanol–water partition coefficient (Wildman–Crippen LogP) is 3.51. The van der Waals surface area contributed by atoms with Gasteiger partial charge in [0.25, 0.3) is 5.91 Å². The van der Waals surface area contributed by atoms with Gasteiger partial charge in [0.15, 0.2) is 0 Å². The molecule has 1 saturated heterocycles. The Hall–Kier alpha value is -1.31. The highest BCUT2D eigenvalue weighted by Crippen LogP contribution is 2.37. The molecule has 0 bridgehead atoms. The summed E-state index contributed by atoms with van der Waals surface area (Å²) in [5, 5.41) is 0. The molecule has 0 spiro atoms. The fourth-order valence-corrected chi connectivity index (χ4v) is 3.68. The van der Waals surface area contributed by atoms with Crippen LogP contribution in [0.1, 0.15) is 48.5 Å². The summed E-state index contributed by atoms with van der Waals surface area (Å²) in [5.74, 6) is 1.90. The second-order valence-electron chi connectivity index (χ2n) is 6.04. The van der Waals surface area contributed by atoms with Crippen LogP contribution in [-0.2, 0) is 6.42 Å². The second-order valence-corrected chi connectivity index (χ2v) is 6.04. The van der Waals surface area contributed by atoms with E-state index in [0.29, 0.717) is 0 Å². The molecule has 0 radical (unpaired) electrons. The minimum atomic E-state index is 0.230. The van der Waals surface area contributed by atoms with Crippen LogP contribution in [0.3, 0.4) is 0 Å². The predicted molar refractivity (Wildman–Crippen MR) is 77.2 cm³/mol. The molecule has 2 unspecified atom stereocenters. The summed E-state index contributed by atoms with van der Waals surface area (Å²) in [5.41, 5.74) is 2.15. The summed E-state index contributed by atoms with van der Waals surface area (Å²) in [6.45, 7) is 4.08. The zero-order valence-electron chi connectivity index (χ0n) is 11.8. The Morgan fingerprint density at radius 1 is 1.16 bits per heavy atom. The number of rotatable bonds is 2. The summed E-state index contributed by atoms with van der Waals surface area (Å²) in [6.07, 6.45) is 6.31.